The fourth-order valence-electron chi connectivity index (χ4n) is 2.84. The van der Waals surface area contributed by atoms with Crippen LogP contribution >= 0.6 is 0 Å². The monoisotopic (exact) mass is 370 g/mol. The molecular formula is C22H18N4O2. The Balaban J connectivity index is 1.76. The lowest BCUT2D eigenvalue weighted by atomic mass is 10.1. The van der Waals surface area contributed by atoms with Gasteiger partial charge in [-0.3, -0.25) is 4.79 Å². The van der Waals surface area contributed by atoms with Gasteiger partial charge >= 0.3 is 0 Å². The van der Waals surface area contributed by atoms with E-state index in [1.165, 1.54) is 0 Å². The van der Waals surface area contributed by atoms with E-state index in [9.17, 15) is 4.79 Å². The van der Waals surface area contributed by atoms with Crippen LogP contribution in [0, 0.1) is 0 Å². The van der Waals surface area contributed by atoms with E-state index >= 15 is 0 Å². The van der Waals surface area contributed by atoms with Crippen LogP contribution in [0.1, 0.15) is 10.4 Å². The number of benzene rings is 2. The Labute approximate surface area is 162 Å². The van der Waals surface area contributed by atoms with Crippen molar-refractivity contribution in [1.82, 2.24) is 14.8 Å². The Bertz CT molecular complexity index is 1070. The summed E-state index contributed by atoms with van der Waals surface area (Å²) in [4.78, 5) is 17.1. The summed E-state index contributed by atoms with van der Waals surface area (Å²) in [7, 11) is 1.62. The number of hydrogen-bond donors (Lipinski definition) is 1. The number of amides is 1. The van der Waals surface area contributed by atoms with E-state index in [4.69, 9.17) is 4.74 Å². The number of methoxy groups -OCH3 is 1. The van der Waals surface area contributed by atoms with Crippen LogP contribution in [-0.4, -0.2) is 27.8 Å². The number of rotatable bonds is 5. The normalized spacial score (nSPS) is 10.5. The van der Waals surface area contributed by atoms with Gasteiger partial charge in [-0.05, 0) is 48.5 Å². The molecule has 6 nitrogen and oxygen atoms in total. The van der Waals surface area contributed by atoms with Gasteiger partial charge in [0, 0.05) is 18.0 Å². The molecule has 1 amide bonds. The SMILES string of the molecule is COc1ccc(-c2nn(-c3ccccc3)cc2C(=O)Nc2ccccn2)cc1. The first-order valence-electron chi connectivity index (χ1n) is 8.76. The number of pyridine rings is 1. The molecule has 0 aliphatic carbocycles. The van der Waals surface area contributed by atoms with Gasteiger partial charge in [0.2, 0.25) is 0 Å². The summed E-state index contributed by atoms with van der Waals surface area (Å²) in [6.45, 7) is 0. The molecule has 2 heterocycles. The molecule has 2 aromatic carbocycles. The number of nitrogens with zero attached hydrogens (tertiary/aromatic N) is 3. The number of anilines is 1. The van der Waals surface area contributed by atoms with Gasteiger partial charge in [-0.2, -0.15) is 5.10 Å². The van der Waals surface area contributed by atoms with Crippen LogP contribution in [0.2, 0.25) is 0 Å². The van der Waals surface area contributed by atoms with Crippen LogP contribution in [-0.2, 0) is 0 Å². The van der Waals surface area contributed by atoms with E-state index in [0.717, 1.165) is 17.0 Å². The zero-order valence-electron chi connectivity index (χ0n) is 15.2. The summed E-state index contributed by atoms with van der Waals surface area (Å²) in [5.74, 6) is 0.957. The van der Waals surface area contributed by atoms with Crippen molar-refractivity contribution >= 4 is 11.7 Å². The van der Waals surface area contributed by atoms with E-state index in [1.807, 2.05) is 60.7 Å². The van der Waals surface area contributed by atoms with Crippen LogP contribution in [0.4, 0.5) is 5.82 Å². The van der Waals surface area contributed by atoms with Crippen molar-refractivity contribution < 1.29 is 9.53 Å². The molecule has 0 atom stereocenters. The molecule has 4 rings (SSSR count). The van der Waals surface area contributed by atoms with Crippen molar-refractivity contribution in [3.63, 3.8) is 0 Å². The van der Waals surface area contributed by atoms with Gasteiger partial charge in [0.1, 0.15) is 17.3 Å². The topological polar surface area (TPSA) is 69.0 Å². The predicted molar refractivity (Wildman–Crippen MR) is 108 cm³/mol. The summed E-state index contributed by atoms with van der Waals surface area (Å²) in [6, 6.07) is 22.5. The molecule has 28 heavy (non-hydrogen) atoms. The van der Waals surface area contributed by atoms with Crippen LogP contribution in [0.5, 0.6) is 5.75 Å². The molecule has 0 spiro atoms. The number of hydrogen-bond acceptors (Lipinski definition) is 4. The van der Waals surface area contributed by atoms with E-state index in [1.54, 1.807) is 36.3 Å². The molecule has 0 saturated carbocycles. The van der Waals surface area contributed by atoms with E-state index in [2.05, 4.69) is 15.4 Å². The standard InChI is InChI=1S/C22H18N4O2/c1-28-18-12-10-16(11-13-18)21-19(22(27)24-20-9-5-6-14-23-20)15-26(25-21)17-7-3-2-4-8-17/h2-15H,1H3,(H,23,24,27). The third-order valence-electron chi connectivity index (χ3n) is 4.25. The first-order chi connectivity index (χ1) is 13.7. The largest absolute Gasteiger partial charge is 0.497 e. The number of ether oxygens (including phenoxy) is 1. The quantitative estimate of drug-likeness (QED) is 0.572. The maximum atomic E-state index is 12.9. The van der Waals surface area contributed by atoms with Crippen molar-refractivity contribution in [1.29, 1.82) is 0 Å². The van der Waals surface area contributed by atoms with Gasteiger partial charge < -0.3 is 10.1 Å². The molecule has 138 valence electrons. The van der Waals surface area contributed by atoms with Gasteiger partial charge in [0.15, 0.2) is 0 Å². The van der Waals surface area contributed by atoms with Gasteiger partial charge in [-0.1, -0.05) is 24.3 Å². The second kappa shape index (κ2) is 7.75. The molecule has 4 aromatic rings. The molecule has 6 heteroatoms. The fraction of sp³-hybridized carbons (Fsp3) is 0.0455. The Morgan fingerprint density at radius 2 is 1.71 bits per heavy atom. The summed E-state index contributed by atoms with van der Waals surface area (Å²) >= 11 is 0. The number of nitrogens with one attached hydrogen (secondary N) is 1. The Hall–Kier alpha value is -3.93. The Kier molecular flexibility index (Phi) is 4.84. The second-order valence-corrected chi connectivity index (χ2v) is 6.07. The van der Waals surface area contributed by atoms with Crippen LogP contribution in [0.15, 0.2) is 85.2 Å². The number of carbonyl (C=O) groups excluding carboxylic acids is 1. The maximum Gasteiger partial charge on any atom is 0.260 e. The maximum absolute atomic E-state index is 12.9. The molecule has 0 aliphatic heterocycles. The summed E-state index contributed by atoms with van der Waals surface area (Å²) in [5.41, 5.74) is 2.73. The van der Waals surface area contributed by atoms with Gasteiger partial charge in [-0.15, -0.1) is 0 Å². The third-order valence-corrected chi connectivity index (χ3v) is 4.25. The van der Waals surface area contributed by atoms with E-state index < -0.39 is 0 Å². The zero-order chi connectivity index (χ0) is 19.3. The minimum atomic E-state index is -0.272. The third kappa shape index (κ3) is 3.61. The van der Waals surface area contributed by atoms with Crippen molar-refractivity contribution in [3.05, 3.63) is 90.8 Å². The number of carbonyl (C=O) groups is 1. The first-order valence-corrected chi connectivity index (χ1v) is 8.76. The molecule has 0 radical (unpaired) electrons. The second-order valence-electron chi connectivity index (χ2n) is 6.07. The molecular weight excluding hydrogens is 352 g/mol. The summed E-state index contributed by atoms with van der Waals surface area (Å²) in [5, 5.41) is 7.49. The minimum Gasteiger partial charge on any atom is -0.497 e. The van der Waals surface area contributed by atoms with Crippen LogP contribution in [0.3, 0.4) is 0 Å². The molecule has 1 N–H and O–H groups in total. The van der Waals surface area contributed by atoms with E-state index in [-0.39, 0.29) is 5.91 Å². The van der Waals surface area contributed by atoms with Crippen molar-refractivity contribution in [2.24, 2.45) is 0 Å². The highest BCUT2D eigenvalue weighted by Gasteiger charge is 2.19. The average Bonchev–Trinajstić information content (AvgIpc) is 3.21. The summed E-state index contributed by atoms with van der Waals surface area (Å²) < 4.78 is 6.92. The molecule has 0 fully saturated rings. The highest BCUT2D eigenvalue weighted by Crippen LogP contribution is 2.26. The van der Waals surface area contributed by atoms with Crippen LogP contribution in [0.25, 0.3) is 16.9 Å². The van der Waals surface area contributed by atoms with Gasteiger partial charge in [0.05, 0.1) is 18.4 Å². The van der Waals surface area contributed by atoms with E-state index in [0.29, 0.717) is 17.1 Å². The molecule has 0 unspecified atom stereocenters. The van der Waals surface area contributed by atoms with Crippen molar-refractivity contribution in [2.45, 2.75) is 0 Å². The lowest BCUT2D eigenvalue weighted by molar-refractivity contribution is 0.102. The molecule has 0 aliphatic rings. The number of aromatic nitrogens is 3. The lowest BCUT2D eigenvalue weighted by Gasteiger charge is -2.05. The molecule has 0 bridgehead atoms. The highest BCUT2D eigenvalue weighted by molar-refractivity contribution is 6.07. The van der Waals surface area contributed by atoms with Crippen molar-refractivity contribution in [3.8, 4) is 22.7 Å². The Morgan fingerprint density at radius 1 is 0.964 bits per heavy atom. The fourth-order valence-corrected chi connectivity index (χ4v) is 2.84. The molecule has 0 saturated heterocycles. The van der Waals surface area contributed by atoms with Crippen molar-refractivity contribution in [2.75, 3.05) is 12.4 Å². The summed E-state index contributed by atoms with van der Waals surface area (Å²) in [6.07, 6.45) is 3.36. The Morgan fingerprint density at radius 3 is 2.39 bits per heavy atom. The zero-order valence-corrected chi connectivity index (χ0v) is 15.2. The smallest absolute Gasteiger partial charge is 0.260 e. The minimum absolute atomic E-state index is 0.272. The molecule has 2 aromatic heterocycles. The van der Waals surface area contributed by atoms with Crippen LogP contribution < -0.4 is 10.1 Å². The predicted octanol–water partition coefficient (Wildman–Crippen LogP) is 4.20. The van der Waals surface area contributed by atoms with Gasteiger partial charge in [0.25, 0.3) is 5.91 Å². The lowest BCUT2D eigenvalue weighted by Crippen LogP contribution is -2.13. The van der Waals surface area contributed by atoms with Gasteiger partial charge in [-0.25, -0.2) is 9.67 Å². The average molecular weight is 370 g/mol. The number of para-hydroxylation sites is 1. The first kappa shape index (κ1) is 17.5. The highest BCUT2D eigenvalue weighted by atomic mass is 16.5.